The normalized spacial score (nSPS) is 21.3. The van der Waals surface area contributed by atoms with Crippen molar-refractivity contribution in [3.8, 4) is 0 Å². The number of sulfonamides is 1. The summed E-state index contributed by atoms with van der Waals surface area (Å²) in [6, 6.07) is 6.30. The Bertz CT molecular complexity index is 499. The number of nitrogens with two attached hydrogens (primary N) is 1. The Balaban J connectivity index is 2.29. The van der Waals surface area contributed by atoms with Crippen molar-refractivity contribution < 1.29 is 13.5 Å². The van der Waals surface area contributed by atoms with Gasteiger partial charge in [-0.15, -0.1) is 0 Å². The fourth-order valence-electron chi connectivity index (χ4n) is 2.24. The summed E-state index contributed by atoms with van der Waals surface area (Å²) in [6.45, 7) is 0.746. The van der Waals surface area contributed by atoms with Crippen LogP contribution in [0.4, 0.5) is 0 Å². The SMILES string of the molecule is NCc1ccc(S(=O)(=O)N2CCC[C@H]2CO)cc1. The maximum atomic E-state index is 12.4. The lowest BCUT2D eigenvalue weighted by Crippen LogP contribution is -2.37. The van der Waals surface area contributed by atoms with Crippen LogP contribution in [-0.4, -0.2) is 37.0 Å². The van der Waals surface area contributed by atoms with E-state index in [1.54, 1.807) is 24.3 Å². The number of aliphatic hydroxyl groups is 1. The van der Waals surface area contributed by atoms with E-state index in [1.807, 2.05) is 0 Å². The van der Waals surface area contributed by atoms with Gasteiger partial charge in [-0.25, -0.2) is 8.42 Å². The summed E-state index contributed by atoms with van der Waals surface area (Å²) in [5.41, 5.74) is 6.38. The quantitative estimate of drug-likeness (QED) is 0.823. The molecule has 1 aliphatic heterocycles. The van der Waals surface area contributed by atoms with Gasteiger partial charge in [0.05, 0.1) is 11.5 Å². The maximum absolute atomic E-state index is 12.4. The molecule has 1 fully saturated rings. The molecule has 18 heavy (non-hydrogen) atoms. The number of hydrogen-bond donors (Lipinski definition) is 2. The van der Waals surface area contributed by atoms with Crippen molar-refractivity contribution >= 4 is 10.0 Å². The molecule has 0 bridgehead atoms. The Morgan fingerprint density at radius 3 is 2.56 bits per heavy atom. The lowest BCUT2D eigenvalue weighted by molar-refractivity contribution is 0.213. The molecule has 1 aliphatic rings. The second-order valence-electron chi connectivity index (χ2n) is 4.44. The standard InChI is InChI=1S/C12H18N2O3S/c13-8-10-3-5-12(6-4-10)18(16,17)14-7-1-2-11(14)9-15/h3-6,11,15H,1-2,7-9,13H2/t11-/m0/s1. The van der Waals surface area contributed by atoms with E-state index in [9.17, 15) is 13.5 Å². The van der Waals surface area contributed by atoms with Crippen molar-refractivity contribution in [2.24, 2.45) is 5.73 Å². The van der Waals surface area contributed by atoms with E-state index >= 15 is 0 Å². The summed E-state index contributed by atoms with van der Waals surface area (Å²) < 4.78 is 26.2. The number of hydrogen-bond acceptors (Lipinski definition) is 4. The Morgan fingerprint density at radius 2 is 2.00 bits per heavy atom. The second kappa shape index (κ2) is 5.36. The molecule has 0 aliphatic carbocycles. The topological polar surface area (TPSA) is 83.6 Å². The van der Waals surface area contributed by atoms with Gasteiger partial charge in [0.25, 0.3) is 0 Å². The van der Waals surface area contributed by atoms with Gasteiger partial charge < -0.3 is 10.8 Å². The number of benzene rings is 1. The molecule has 1 aromatic rings. The van der Waals surface area contributed by atoms with Gasteiger partial charge in [0.2, 0.25) is 10.0 Å². The number of aliphatic hydroxyl groups excluding tert-OH is 1. The van der Waals surface area contributed by atoms with Gasteiger partial charge in [-0.3, -0.25) is 0 Å². The van der Waals surface area contributed by atoms with E-state index in [0.717, 1.165) is 18.4 Å². The lowest BCUT2D eigenvalue weighted by atomic mass is 10.2. The first-order chi connectivity index (χ1) is 8.59. The van der Waals surface area contributed by atoms with Crippen LogP contribution in [0.5, 0.6) is 0 Å². The first-order valence-corrected chi connectivity index (χ1v) is 7.45. The van der Waals surface area contributed by atoms with Gasteiger partial charge >= 0.3 is 0 Å². The third kappa shape index (κ3) is 2.42. The molecule has 0 aromatic heterocycles. The van der Waals surface area contributed by atoms with E-state index in [1.165, 1.54) is 4.31 Å². The molecule has 0 amide bonds. The van der Waals surface area contributed by atoms with Gasteiger partial charge in [-0.05, 0) is 30.5 Å². The van der Waals surface area contributed by atoms with Crippen molar-refractivity contribution in [2.45, 2.75) is 30.3 Å². The van der Waals surface area contributed by atoms with Crippen molar-refractivity contribution in [3.05, 3.63) is 29.8 Å². The monoisotopic (exact) mass is 270 g/mol. The minimum atomic E-state index is -3.49. The molecular formula is C12H18N2O3S. The molecule has 0 radical (unpaired) electrons. The summed E-state index contributed by atoms with van der Waals surface area (Å²) in [5.74, 6) is 0. The molecule has 6 heteroatoms. The zero-order valence-electron chi connectivity index (χ0n) is 10.1. The highest BCUT2D eigenvalue weighted by Crippen LogP contribution is 2.25. The summed E-state index contributed by atoms with van der Waals surface area (Å²) in [7, 11) is -3.49. The average Bonchev–Trinajstić information content (AvgIpc) is 2.88. The molecule has 2 rings (SSSR count). The predicted octanol–water partition coefficient (Wildman–Crippen LogP) is 0.291. The first-order valence-electron chi connectivity index (χ1n) is 6.01. The molecule has 100 valence electrons. The van der Waals surface area contributed by atoms with Crippen LogP contribution < -0.4 is 5.73 Å². The molecule has 0 saturated carbocycles. The Hall–Kier alpha value is -0.950. The highest BCUT2D eigenvalue weighted by molar-refractivity contribution is 7.89. The Kier molecular flexibility index (Phi) is 4.01. The van der Waals surface area contributed by atoms with E-state index in [0.29, 0.717) is 13.1 Å². The smallest absolute Gasteiger partial charge is 0.243 e. The van der Waals surface area contributed by atoms with Crippen LogP contribution in [-0.2, 0) is 16.6 Å². The largest absolute Gasteiger partial charge is 0.395 e. The number of nitrogens with zero attached hydrogens (tertiary/aromatic N) is 1. The summed E-state index contributed by atoms with van der Waals surface area (Å²) in [4.78, 5) is 0.264. The minimum Gasteiger partial charge on any atom is -0.395 e. The zero-order chi connectivity index (χ0) is 13.2. The predicted molar refractivity (Wildman–Crippen MR) is 68.3 cm³/mol. The molecule has 1 saturated heterocycles. The van der Waals surface area contributed by atoms with Crippen LogP contribution in [0, 0.1) is 0 Å². The van der Waals surface area contributed by atoms with E-state index in [4.69, 9.17) is 5.73 Å². The van der Waals surface area contributed by atoms with Crippen LogP contribution in [0.1, 0.15) is 18.4 Å². The van der Waals surface area contributed by atoms with Crippen molar-refractivity contribution in [2.75, 3.05) is 13.2 Å². The molecule has 3 N–H and O–H groups in total. The lowest BCUT2D eigenvalue weighted by Gasteiger charge is -2.22. The van der Waals surface area contributed by atoms with Crippen LogP contribution >= 0.6 is 0 Å². The van der Waals surface area contributed by atoms with Crippen molar-refractivity contribution in [1.82, 2.24) is 4.31 Å². The molecule has 1 aromatic carbocycles. The van der Waals surface area contributed by atoms with Gasteiger partial charge in [0, 0.05) is 19.1 Å². The summed E-state index contributed by atoms with van der Waals surface area (Å²) in [5, 5.41) is 9.21. The first kappa shape index (κ1) is 13.5. The fraction of sp³-hybridized carbons (Fsp3) is 0.500. The number of rotatable bonds is 4. The van der Waals surface area contributed by atoms with Crippen LogP contribution in [0.15, 0.2) is 29.2 Å². The van der Waals surface area contributed by atoms with Crippen LogP contribution in [0.3, 0.4) is 0 Å². The van der Waals surface area contributed by atoms with Gasteiger partial charge in [-0.2, -0.15) is 4.31 Å². The van der Waals surface area contributed by atoms with Gasteiger partial charge in [0.15, 0.2) is 0 Å². The van der Waals surface area contributed by atoms with Gasteiger partial charge in [-0.1, -0.05) is 12.1 Å². The molecule has 0 unspecified atom stereocenters. The Morgan fingerprint density at radius 1 is 1.33 bits per heavy atom. The van der Waals surface area contributed by atoms with Crippen molar-refractivity contribution in [1.29, 1.82) is 0 Å². The van der Waals surface area contributed by atoms with E-state index in [-0.39, 0.29) is 17.5 Å². The average molecular weight is 270 g/mol. The zero-order valence-corrected chi connectivity index (χ0v) is 10.9. The fourth-order valence-corrected chi connectivity index (χ4v) is 3.93. The molecule has 1 heterocycles. The highest BCUT2D eigenvalue weighted by Gasteiger charge is 2.34. The molecule has 0 spiro atoms. The maximum Gasteiger partial charge on any atom is 0.243 e. The molecular weight excluding hydrogens is 252 g/mol. The summed E-state index contributed by atoms with van der Waals surface area (Å²) in [6.07, 6.45) is 1.52. The van der Waals surface area contributed by atoms with E-state index in [2.05, 4.69) is 0 Å². The minimum absolute atomic E-state index is 0.125. The van der Waals surface area contributed by atoms with E-state index < -0.39 is 10.0 Å². The Labute approximate surface area is 107 Å². The van der Waals surface area contributed by atoms with Crippen molar-refractivity contribution in [3.63, 3.8) is 0 Å². The molecule has 1 atom stereocenters. The van der Waals surface area contributed by atoms with Gasteiger partial charge in [0.1, 0.15) is 0 Å². The third-order valence-electron chi connectivity index (χ3n) is 3.30. The second-order valence-corrected chi connectivity index (χ2v) is 6.33. The van der Waals surface area contributed by atoms with Crippen LogP contribution in [0.25, 0.3) is 0 Å². The van der Waals surface area contributed by atoms with Crippen LogP contribution in [0.2, 0.25) is 0 Å². The summed E-state index contributed by atoms with van der Waals surface area (Å²) >= 11 is 0. The highest BCUT2D eigenvalue weighted by atomic mass is 32.2. The third-order valence-corrected chi connectivity index (χ3v) is 5.27. The molecule has 5 nitrogen and oxygen atoms in total.